The van der Waals surface area contributed by atoms with E-state index in [1.807, 2.05) is 25.1 Å². The molecule has 1 aliphatic heterocycles. The Hall–Kier alpha value is -3.05. The fraction of sp³-hybridized carbons (Fsp3) is 0.346. The largest absolute Gasteiger partial charge is 0.486 e. The molecule has 6 rings (SSSR count). The topological polar surface area (TPSA) is 59.2 Å². The molecule has 2 atom stereocenters. The highest BCUT2D eigenvalue weighted by Crippen LogP contribution is 2.38. The molecule has 0 amide bonds. The van der Waals surface area contributed by atoms with Crippen LogP contribution in [0, 0.1) is 12.8 Å². The zero-order valence-electron chi connectivity index (χ0n) is 17.8. The average Bonchev–Trinajstić information content (AvgIpc) is 3.16. The molecule has 0 saturated carbocycles. The lowest BCUT2D eigenvalue weighted by Gasteiger charge is -2.29. The SMILES string of the molecule is Cc1ccc2c3c(ccc2n1)OC[C@H](CNC[C@H]1CCc2c([nH]c4ccccc24)C1)O3. The molecule has 0 spiro atoms. The lowest BCUT2D eigenvalue weighted by molar-refractivity contribution is 0.0915. The second-order valence-electron chi connectivity index (χ2n) is 8.86. The fourth-order valence-corrected chi connectivity index (χ4v) is 5.06. The van der Waals surface area contributed by atoms with Crippen LogP contribution >= 0.6 is 0 Å². The van der Waals surface area contributed by atoms with Crippen molar-refractivity contribution in [2.75, 3.05) is 19.7 Å². The summed E-state index contributed by atoms with van der Waals surface area (Å²) in [7, 11) is 0. The van der Waals surface area contributed by atoms with E-state index < -0.39 is 0 Å². The van der Waals surface area contributed by atoms with Crippen LogP contribution in [0.1, 0.15) is 23.4 Å². The summed E-state index contributed by atoms with van der Waals surface area (Å²) >= 11 is 0. The standard InChI is InChI=1S/C26H27N3O2/c1-16-6-8-21-23(28-16)10-11-25-26(21)31-18(15-30-25)14-27-13-17-7-9-20-19-4-2-3-5-22(19)29-24(20)12-17/h2-6,8,10-11,17-18,27,29H,7,9,12-15H2,1H3/t17-,18-/m0/s1. The number of fused-ring (bicyclic) bond motifs is 6. The molecule has 4 aromatic rings. The Labute approximate surface area is 181 Å². The first kappa shape index (κ1) is 18.7. The number of aromatic amines is 1. The fourth-order valence-electron chi connectivity index (χ4n) is 5.06. The Morgan fingerprint density at radius 1 is 1.06 bits per heavy atom. The van der Waals surface area contributed by atoms with E-state index in [2.05, 4.69) is 45.6 Å². The zero-order chi connectivity index (χ0) is 20.8. The summed E-state index contributed by atoms with van der Waals surface area (Å²) in [5, 5.41) is 6.06. The molecular weight excluding hydrogens is 386 g/mol. The van der Waals surface area contributed by atoms with Crippen LogP contribution in [-0.4, -0.2) is 35.8 Å². The van der Waals surface area contributed by atoms with E-state index >= 15 is 0 Å². The van der Waals surface area contributed by atoms with Crippen molar-refractivity contribution in [1.29, 1.82) is 0 Å². The number of H-pyrrole nitrogens is 1. The smallest absolute Gasteiger partial charge is 0.171 e. The summed E-state index contributed by atoms with van der Waals surface area (Å²) in [6.07, 6.45) is 3.49. The number of benzene rings is 2. The number of pyridine rings is 1. The van der Waals surface area contributed by atoms with Crippen LogP contribution in [0.3, 0.4) is 0 Å². The van der Waals surface area contributed by atoms with Gasteiger partial charge in [0.2, 0.25) is 0 Å². The molecule has 5 heteroatoms. The van der Waals surface area contributed by atoms with Crippen LogP contribution < -0.4 is 14.8 Å². The van der Waals surface area contributed by atoms with Gasteiger partial charge in [0.05, 0.1) is 5.52 Å². The maximum absolute atomic E-state index is 6.34. The summed E-state index contributed by atoms with van der Waals surface area (Å²) in [6, 6.07) is 16.7. The Bertz CT molecular complexity index is 1260. The highest BCUT2D eigenvalue weighted by Gasteiger charge is 2.25. The summed E-state index contributed by atoms with van der Waals surface area (Å²) in [5.74, 6) is 2.28. The molecule has 5 nitrogen and oxygen atoms in total. The number of nitrogens with one attached hydrogen (secondary N) is 2. The number of hydrogen-bond donors (Lipinski definition) is 2. The van der Waals surface area contributed by atoms with Gasteiger partial charge in [-0.05, 0) is 74.5 Å². The molecule has 31 heavy (non-hydrogen) atoms. The number of aromatic nitrogens is 2. The summed E-state index contributed by atoms with van der Waals surface area (Å²) in [6.45, 7) is 4.36. The molecular formula is C26H27N3O2. The van der Waals surface area contributed by atoms with Gasteiger partial charge in [0.15, 0.2) is 11.5 Å². The number of rotatable bonds is 4. The highest BCUT2D eigenvalue weighted by atomic mass is 16.6. The molecule has 0 unspecified atom stereocenters. The number of hydrogen-bond acceptors (Lipinski definition) is 4. The molecule has 2 aromatic carbocycles. The first-order valence-electron chi connectivity index (χ1n) is 11.2. The Morgan fingerprint density at radius 3 is 2.97 bits per heavy atom. The van der Waals surface area contributed by atoms with Crippen LogP contribution in [0.2, 0.25) is 0 Å². The monoisotopic (exact) mass is 413 g/mol. The first-order chi connectivity index (χ1) is 15.2. The van der Waals surface area contributed by atoms with Crippen LogP contribution in [0.5, 0.6) is 11.5 Å². The van der Waals surface area contributed by atoms with E-state index in [-0.39, 0.29) is 6.10 Å². The number of aryl methyl sites for hydroxylation is 2. The van der Waals surface area contributed by atoms with Gasteiger partial charge < -0.3 is 19.8 Å². The van der Waals surface area contributed by atoms with Crippen molar-refractivity contribution in [3.05, 3.63) is 65.5 Å². The lowest BCUT2D eigenvalue weighted by atomic mass is 9.87. The molecule has 2 aliphatic rings. The third-order valence-electron chi connectivity index (χ3n) is 6.64. The van der Waals surface area contributed by atoms with Gasteiger partial charge in [-0.1, -0.05) is 18.2 Å². The van der Waals surface area contributed by atoms with E-state index in [4.69, 9.17) is 9.47 Å². The van der Waals surface area contributed by atoms with E-state index in [0.29, 0.717) is 12.5 Å². The second-order valence-corrected chi connectivity index (χ2v) is 8.86. The van der Waals surface area contributed by atoms with Crippen molar-refractivity contribution in [3.8, 4) is 11.5 Å². The maximum Gasteiger partial charge on any atom is 0.171 e. The van der Waals surface area contributed by atoms with Gasteiger partial charge in [-0.2, -0.15) is 0 Å². The molecule has 2 N–H and O–H groups in total. The van der Waals surface area contributed by atoms with Crippen LogP contribution in [0.4, 0.5) is 0 Å². The van der Waals surface area contributed by atoms with Gasteiger partial charge in [-0.3, -0.25) is 4.98 Å². The third kappa shape index (κ3) is 3.43. The van der Waals surface area contributed by atoms with Crippen molar-refractivity contribution in [1.82, 2.24) is 15.3 Å². The van der Waals surface area contributed by atoms with E-state index in [9.17, 15) is 0 Å². The minimum Gasteiger partial charge on any atom is -0.486 e. The Kier molecular flexibility index (Phi) is 4.57. The van der Waals surface area contributed by atoms with Crippen molar-refractivity contribution in [2.24, 2.45) is 5.92 Å². The Morgan fingerprint density at radius 2 is 2.00 bits per heavy atom. The number of para-hydroxylation sites is 1. The van der Waals surface area contributed by atoms with Gasteiger partial charge in [0.1, 0.15) is 12.7 Å². The number of nitrogens with zero attached hydrogens (tertiary/aromatic N) is 1. The minimum atomic E-state index is 0.00614. The van der Waals surface area contributed by atoms with Crippen molar-refractivity contribution < 1.29 is 9.47 Å². The normalized spacial score (nSPS) is 20.2. The van der Waals surface area contributed by atoms with Crippen LogP contribution in [0.25, 0.3) is 21.8 Å². The van der Waals surface area contributed by atoms with Crippen molar-refractivity contribution in [2.45, 2.75) is 32.3 Å². The molecule has 3 heterocycles. The predicted octanol–water partition coefficient (Wildman–Crippen LogP) is 4.56. The maximum atomic E-state index is 6.34. The van der Waals surface area contributed by atoms with E-state index in [0.717, 1.165) is 54.0 Å². The predicted molar refractivity (Wildman–Crippen MR) is 123 cm³/mol. The summed E-state index contributed by atoms with van der Waals surface area (Å²) in [5.41, 5.74) is 6.16. The minimum absolute atomic E-state index is 0.00614. The molecule has 0 radical (unpaired) electrons. The molecule has 0 fully saturated rings. The molecule has 0 saturated heterocycles. The summed E-state index contributed by atoms with van der Waals surface area (Å²) in [4.78, 5) is 8.25. The second kappa shape index (κ2) is 7.57. The van der Waals surface area contributed by atoms with Crippen molar-refractivity contribution in [3.63, 3.8) is 0 Å². The number of ether oxygens (including phenoxy) is 2. The Balaban J connectivity index is 1.09. The van der Waals surface area contributed by atoms with Gasteiger partial charge in [-0.15, -0.1) is 0 Å². The van der Waals surface area contributed by atoms with Gasteiger partial charge in [-0.25, -0.2) is 0 Å². The third-order valence-corrected chi connectivity index (χ3v) is 6.64. The molecule has 0 bridgehead atoms. The molecule has 2 aromatic heterocycles. The average molecular weight is 414 g/mol. The van der Waals surface area contributed by atoms with Gasteiger partial charge in [0.25, 0.3) is 0 Å². The van der Waals surface area contributed by atoms with Crippen molar-refractivity contribution >= 4 is 21.8 Å². The van der Waals surface area contributed by atoms with Crippen LogP contribution in [-0.2, 0) is 12.8 Å². The molecule has 158 valence electrons. The van der Waals surface area contributed by atoms with Gasteiger partial charge >= 0.3 is 0 Å². The van der Waals surface area contributed by atoms with E-state index in [1.165, 1.54) is 28.6 Å². The molecule has 1 aliphatic carbocycles. The quantitative estimate of drug-likeness (QED) is 0.515. The zero-order valence-corrected chi connectivity index (χ0v) is 17.8. The summed E-state index contributed by atoms with van der Waals surface area (Å²) < 4.78 is 12.3. The lowest BCUT2D eigenvalue weighted by Crippen LogP contribution is -2.40. The van der Waals surface area contributed by atoms with E-state index in [1.54, 1.807) is 0 Å². The van der Waals surface area contributed by atoms with Crippen LogP contribution in [0.15, 0.2) is 48.5 Å². The van der Waals surface area contributed by atoms with Gasteiger partial charge in [0, 0.05) is 34.2 Å². The highest BCUT2D eigenvalue weighted by molar-refractivity contribution is 5.88. The first-order valence-corrected chi connectivity index (χ1v) is 11.2.